The summed E-state index contributed by atoms with van der Waals surface area (Å²) in [5.41, 5.74) is 5.88. The van der Waals surface area contributed by atoms with Crippen LogP contribution in [0.4, 0.5) is 5.69 Å². The molecule has 114 valence electrons. The Morgan fingerprint density at radius 1 is 1.27 bits per heavy atom. The summed E-state index contributed by atoms with van der Waals surface area (Å²) in [5.74, 6) is -2.03. The van der Waals surface area contributed by atoms with Crippen LogP contribution in [0.5, 0.6) is 0 Å². The molecule has 0 saturated heterocycles. The number of hydrogen-bond donors (Lipinski definition) is 2. The number of halogens is 1. The number of nitrogens with two attached hydrogens (primary N) is 1. The number of amides is 2. The Morgan fingerprint density at radius 3 is 2.68 bits per heavy atom. The summed E-state index contributed by atoms with van der Waals surface area (Å²) < 4.78 is 4.81. The van der Waals surface area contributed by atoms with Crippen molar-refractivity contribution in [3.8, 4) is 0 Å². The predicted octanol–water partition coefficient (Wildman–Crippen LogP) is 2.10. The molecular formula is C14H11ClN2O4S. The van der Waals surface area contributed by atoms with E-state index in [2.05, 4.69) is 5.32 Å². The molecule has 2 aromatic rings. The number of carbonyl (C=O) groups excluding carboxylic acids is 3. The van der Waals surface area contributed by atoms with E-state index in [1.54, 1.807) is 17.5 Å². The van der Waals surface area contributed by atoms with Crippen LogP contribution in [-0.4, -0.2) is 24.4 Å². The molecule has 0 bridgehead atoms. The monoisotopic (exact) mass is 338 g/mol. The van der Waals surface area contributed by atoms with Crippen LogP contribution in [0.2, 0.25) is 5.02 Å². The molecule has 0 unspecified atom stereocenters. The van der Waals surface area contributed by atoms with Crippen LogP contribution in [0.25, 0.3) is 0 Å². The molecule has 2 amide bonds. The van der Waals surface area contributed by atoms with E-state index in [-0.39, 0.29) is 11.3 Å². The van der Waals surface area contributed by atoms with Gasteiger partial charge in [-0.15, -0.1) is 11.3 Å². The van der Waals surface area contributed by atoms with Gasteiger partial charge in [-0.25, -0.2) is 4.79 Å². The number of hydrogen-bond acceptors (Lipinski definition) is 6. The Kier molecular flexibility index (Phi) is 5.13. The third-order valence-electron chi connectivity index (χ3n) is 2.57. The van der Waals surface area contributed by atoms with E-state index in [0.29, 0.717) is 9.90 Å². The van der Waals surface area contributed by atoms with Crippen molar-refractivity contribution < 1.29 is 19.1 Å². The second kappa shape index (κ2) is 7.06. The van der Waals surface area contributed by atoms with Crippen LogP contribution in [0.15, 0.2) is 35.7 Å². The number of carbonyl (C=O) groups is 3. The number of rotatable bonds is 4. The molecule has 0 fully saturated rings. The van der Waals surface area contributed by atoms with Gasteiger partial charge >= 0.3 is 5.97 Å². The third kappa shape index (κ3) is 4.06. The first kappa shape index (κ1) is 16.0. The molecule has 0 spiro atoms. The fraction of sp³-hybridized carbons (Fsp3) is 0.0714. The molecule has 0 atom stereocenters. The van der Waals surface area contributed by atoms with E-state index in [4.69, 9.17) is 22.1 Å². The summed E-state index contributed by atoms with van der Waals surface area (Å²) in [7, 11) is 0. The van der Waals surface area contributed by atoms with Gasteiger partial charge in [-0.1, -0.05) is 17.7 Å². The van der Waals surface area contributed by atoms with Gasteiger partial charge in [0, 0.05) is 10.7 Å². The van der Waals surface area contributed by atoms with Crippen molar-refractivity contribution in [1.82, 2.24) is 5.32 Å². The molecule has 1 heterocycles. The maximum absolute atomic E-state index is 11.8. The number of thiophene rings is 1. The molecule has 2 rings (SSSR count). The van der Waals surface area contributed by atoms with Crippen molar-refractivity contribution in [2.24, 2.45) is 0 Å². The van der Waals surface area contributed by atoms with Crippen molar-refractivity contribution in [3.05, 3.63) is 51.2 Å². The zero-order chi connectivity index (χ0) is 16.1. The highest BCUT2D eigenvalue weighted by atomic mass is 35.5. The average Bonchev–Trinajstić information content (AvgIpc) is 2.99. The minimum atomic E-state index is -0.770. The number of imide groups is 1. The Hall–Kier alpha value is -2.38. The van der Waals surface area contributed by atoms with Crippen molar-refractivity contribution in [3.63, 3.8) is 0 Å². The molecule has 0 aliphatic heterocycles. The van der Waals surface area contributed by atoms with Crippen LogP contribution >= 0.6 is 22.9 Å². The molecule has 0 aliphatic carbocycles. The molecule has 3 N–H and O–H groups in total. The average molecular weight is 339 g/mol. The van der Waals surface area contributed by atoms with Crippen LogP contribution in [0.1, 0.15) is 20.0 Å². The number of anilines is 1. The quantitative estimate of drug-likeness (QED) is 0.657. The summed E-state index contributed by atoms with van der Waals surface area (Å²) >= 11 is 6.92. The summed E-state index contributed by atoms with van der Waals surface area (Å²) in [6, 6.07) is 7.54. The number of benzene rings is 1. The summed E-state index contributed by atoms with van der Waals surface area (Å²) in [6.07, 6.45) is 0. The van der Waals surface area contributed by atoms with Gasteiger partial charge in [-0.3, -0.25) is 14.9 Å². The highest BCUT2D eigenvalue weighted by Gasteiger charge is 2.15. The molecule has 8 heteroatoms. The normalized spacial score (nSPS) is 10.0. The predicted molar refractivity (Wildman–Crippen MR) is 82.9 cm³/mol. The van der Waals surface area contributed by atoms with E-state index in [1.165, 1.54) is 29.5 Å². The van der Waals surface area contributed by atoms with Gasteiger partial charge in [0.2, 0.25) is 0 Å². The first-order valence-corrected chi connectivity index (χ1v) is 7.33. The van der Waals surface area contributed by atoms with Crippen LogP contribution in [-0.2, 0) is 9.53 Å². The van der Waals surface area contributed by atoms with E-state index < -0.39 is 24.4 Å². The lowest BCUT2D eigenvalue weighted by Gasteiger charge is -2.07. The van der Waals surface area contributed by atoms with E-state index >= 15 is 0 Å². The highest BCUT2D eigenvalue weighted by molar-refractivity contribution is 7.12. The fourth-order valence-electron chi connectivity index (χ4n) is 1.56. The van der Waals surface area contributed by atoms with Gasteiger partial charge in [0.1, 0.15) is 0 Å². The Balaban J connectivity index is 1.88. The lowest BCUT2D eigenvalue weighted by molar-refractivity contribution is -0.123. The third-order valence-corrected chi connectivity index (χ3v) is 3.67. The lowest BCUT2D eigenvalue weighted by atomic mass is 10.2. The summed E-state index contributed by atoms with van der Waals surface area (Å²) in [4.78, 5) is 35.4. The zero-order valence-corrected chi connectivity index (χ0v) is 12.7. The lowest BCUT2D eigenvalue weighted by Crippen LogP contribution is -2.33. The molecular weight excluding hydrogens is 328 g/mol. The number of ether oxygens (including phenoxy) is 1. The Bertz CT molecular complexity index is 716. The van der Waals surface area contributed by atoms with Gasteiger partial charge in [-0.05, 0) is 29.6 Å². The second-order valence-corrected chi connectivity index (χ2v) is 5.55. The minimum absolute atomic E-state index is 0.0989. The Labute approximate surface area is 134 Å². The molecule has 1 aromatic heterocycles. The molecule has 0 aliphatic rings. The van der Waals surface area contributed by atoms with Crippen LogP contribution in [0.3, 0.4) is 0 Å². The smallest absolute Gasteiger partial charge is 0.340 e. The van der Waals surface area contributed by atoms with Crippen molar-refractivity contribution in [1.29, 1.82) is 0 Å². The van der Waals surface area contributed by atoms with Crippen LogP contribution < -0.4 is 11.1 Å². The van der Waals surface area contributed by atoms with E-state index in [1.807, 2.05) is 0 Å². The van der Waals surface area contributed by atoms with Gasteiger partial charge in [0.05, 0.1) is 10.4 Å². The van der Waals surface area contributed by atoms with E-state index in [9.17, 15) is 14.4 Å². The number of esters is 1. The first-order valence-electron chi connectivity index (χ1n) is 6.07. The fourth-order valence-corrected chi connectivity index (χ4v) is 2.36. The molecule has 1 aromatic carbocycles. The molecule has 0 saturated carbocycles. The van der Waals surface area contributed by atoms with Gasteiger partial charge in [0.15, 0.2) is 6.61 Å². The maximum atomic E-state index is 11.8. The van der Waals surface area contributed by atoms with Gasteiger partial charge in [-0.2, -0.15) is 0 Å². The van der Waals surface area contributed by atoms with Gasteiger partial charge < -0.3 is 10.5 Å². The second-order valence-electron chi connectivity index (χ2n) is 4.16. The molecule has 22 heavy (non-hydrogen) atoms. The maximum Gasteiger partial charge on any atom is 0.340 e. The van der Waals surface area contributed by atoms with Crippen molar-refractivity contribution in [2.75, 3.05) is 12.3 Å². The Morgan fingerprint density at radius 2 is 2.05 bits per heavy atom. The highest BCUT2D eigenvalue weighted by Crippen LogP contribution is 2.18. The standard InChI is InChI=1S/C14H11ClN2O4S/c15-8-3-4-9(10(16)6-8)14(20)21-7-12(18)17-13(19)11-2-1-5-22-11/h1-6H,7,16H2,(H,17,18,19). The molecule has 0 radical (unpaired) electrons. The largest absolute Gasteiger partial charge is 0.452 e. The first-order chi connectivity index (χ1) is 10.5. The van der Waals surface area contributed by atoms with E-state index in [0.717, 1.165) is 0 Å². The zero-order valence-electron chi connectivity index (χ0n) is 11.2. The number of nitrogen functional groups attached to an aromatic ring is 1. The SMILES string of the molecule is Nc1cc(Cl)ccc1C(=O)OCC(=O)NC(=O)c1cccs1. The van der Waals surface area contributed by atoms with Crippen molar-refractivity contribution in [2.45, 2.75) is 0 Å². The summed E-state index contributed by atoms with van der Waals surface area (Å²) in [6.45, 7) is -0.585. The number of nitrogens with one attached hydrogen (secondary N) is 1. The van der Waals surface area contributed by atoms with Gasteiger partial charge in [0.25, 0.3) is 11.8 Å². The summed E-state index contributed by atoms with van der Waals surface area (Å²) in [5, 5.41) is 4.21. The minimum Gasteiger partial charge on any atom is -0.452 e. The molecule has 6 nitrogen and oxygen atoms in total. The topological polar surface area (TPSA) is 98.5 Å². The van der Waals surface area contributed by atoms with Crippen molar-refractivity contribution >= 4 is 46.4 Å². The van der Waals surface area contributed by atoms with Crippen LogP contribution in [0, 0.1) is 0 Å².